The van der Waals surface area contributed by atoms with Crippen LogP contribution in [-0.2, 0) is 13.0 Å². The van der Waals surface area contributed by atoms with Gasteiger partial charge < -0.3 is 15.7 Å². The predicted octanol–water partition coefficient (Wildman–Crippen LogP) is 2.92. The van der Waals surface area contributed by atoms with Gasteiger partial charge in [-0.15, -0.1) is 0 Å². The first kappa shape index (κ1) is 13.9. The zero-order valence-corrected chi connectivity index (χ0v) is 11.4. The zero-order chi connectivity index (χ0) is 14.4. The van der Waals surface area contributed by atoms with Crippen molar-refractivity contribution in [2.75, 3.05) is 0 Å². The van der Waals surface area contributed by atoms with Crippen LogP contribution in [-0.4, -0.2) is 11.0 Å². The highest BCUT2D eigenvalue weighted by atomic mass is 16.5. The van der Waals surface area contributed by atoms with Gasteiger partial charge in [0.25, 0.3) is 0 Å². The van der Waals surface area contributed by atoms with Crippen molar-refractivity contribution in [2.24, 2.45) is 10.9 Å². The predicted molar refractivity (Wildman–Crippen MR) is 79.1 cm³/mol. The van der Waals surface area contributed by atoms with Crippen molar-refractivity contribution < 1.29 is 9.94 Å². The minimum absolute atomic E-state index is 0.0720. The van der Waals surface area contributed by atoms with Gasteiger partial charge in [-0.1, -0.05) is 48.5 Å². The number of nitrogens with zero attached hydrogens (tertiary/aromatic N) is 1. The molecular weight excluding hydrogens is 252 g/mol. The van der Waals surface area contributed by atoms with Crippen LogP contribution >= 0.6 is 0 Å². The van der Waals surface area contributed by atoms with Crippen LogP contribution in [0, 0.1) is 0 Å². The Balaban J connectivity index is 2.03. The van der Waals surface area contributed by atoms with Crippen molar-refractivity contribution in [3.05, 3.63) is 65.2 Å². The number of amidine groups is 1. The highest BCUT2D eigenvalue weighted by Gasteiger charge is 2.02. The van der Waals surface area contributed by atoms with Gasteiger partial charge in [-0.05, 0) is 29.7 Å². The molecule has 3 N–H and O–H groups in total. The summed E-state index contributed by atoms with van der Waals surface area (Å²) in [6.45, 7) is 2.62. The van der Waals surface area contributed by atoms with E-state index in [1.54, 1.807) is 12.1 Å². The topological polar surface area (TPSA) is 67.8 Å². The third-order valence-electron chi connectivity index (χ3n) is 3.07. The van der Waals surface area contributed by atoms with Crippen LogP contribution < -0.4 is 10.5 Å². The summed E-state index contributed by atoms with van der Waals surface area (Å²) in [5.74, 6) is 0.761. The number of oxime groups is 1. The molecule has 0 saturated carbocycles. The quantitative estimate of drug-likeness (QED) is 0.380. The summed E-state index contributed by atoms with van der Waals surface area (Å²) in [6.07, 6.45) is 1.03. The molecule has 0 aliphatic rings. The molecule has 2 aromatic rings. The smallest absolute Gasteiger partial charge is 0.170 e. The van der Waals surface area contributed by atoms with E-state index in [2.05, 4.69) is 36.3 Å². The lowest BCUT2D eigenvalue weighted by molar-refractivity contribution is 0.306. The number of hydrogen-bond donors (Lipinski definition) is 2. The van der Waals surface area contributed by atoms with Gasteiger partial charge in [0.2, 0.25) is 0 Å². The zero-order valence-electron chi connectivity index (χ0n) is 11.4. The second kappa shape index (κ2) is 6.61. The molecule has 2 aromatic carbocycles. The van der Waals surface area contributed by atoms with Gasteiger partial charge in [-0.25, -0.2) is 0 Å². The van der Waals surface area contributed by atoms with Gasteiger partial charge in [0.05, 0.1) is 0 Å². The molecule has 0 bridgehead atoms. The molecule has 0 aliphatic heterocycles. The molecule has 4 heteroatoms. The second-order valence-corrected chi connectivity index (χ2v) is 4.47. The molecule has 20 heavy (non-hydrogen) atoms. The van der Waals surface area contributed by atoms with E-state index < -0.39 is 0 Å². The Morgan fingerprint density at radius 2 is 1.85 bits per heavy atom. The molecule has 0 aromatic heterocycles. The van der Waals surface area contributed by atoms with Crippen molar-refractivity contribution in [2.45, 2.75) is 20.0 Å². The van der Waals surface area contributed by atoms with E-state index in [0.717, 1.165) is 12.0 Å². The molecule has 0 heterocycles. The number of rotatable bonds is 5. The third kappa shape index (κ3) is 3.51. The number of benzene rings is 2. The number of aryl methyl sites for hydroxylation is 1. The molecule has 2 rings (SSSR count). The van der Waals surface area contributed by atoms with Gasteiger partial charge in [0.15, 0.2) is 5.84 Å². The van der Waals surface area contributed by atoms with Gasteiger partial charge in [0.1, 0.15) is 12.4 Å². The van der Waals surface area contributed by atoms with Gasteiger partial charge in [0, 0.05) is 5.56 Å². The summed E-state index contributed by atoms with van der Waals surface area (Å²) in [5, 5.41) is 11.6. The average Bonchev–Trinajstić information content (AvgIpc) is 2.53. The third-order valence-corrected chi connectivity index (χ3v) is 3.07. The Labute approximate surface area is 118 Å². The van der Waals surface area contributed by atoms with E-state index in [4.69, 9.17) is 15.7 Å². The Kier molecular flexibility index (Phi) is 4.60. The minimum Gasteiger partial charge on any atom is -0.489 e. The lowest BCUT2D eigenvalue weighted by Crippen LogP contribution is -2.12. The summed E-state index contributed by atoms with van der Waals surface area (Å²) in [7, 11) is 0. The number of ether oxygens (including phenoxy) is 1. The standard InChI is InChI=1S/C16H18N2O2/c1-2-12-6-8-13(9-7-12)11-20-15-5-3-4-14(10-15)16(17)18-19/h3-10,19H,2,11H2,1H3,(H2,17,18). The Bertz CT molecular complexity index is 592. The Morgan fingerprint density at radius 3 is 2.50 bits per heavy atom. The maximum absolute atomic E-state index is 8.66. The molecule has 0 amide bonds. The first-order valence-corrected chi connectivity index (χ1v) is 6.51. The summed E-state index contributed by atoms with van der Waals surface area (Å²) < 4.78 is 5.71. The van der Waals surface area contributed by atoms with Crippen molar-refractivity contribution in [1.82, 2.24) is 0 Å². The fourth-order valence-corrected chi connectivity index (χ4v) is 1.84. The molecule has 0 fully saturated rings. The summed E-state index contributed by atoms with van der Waals surface area (Å²) in [6, 6.07) is 15.5. The molecule has 0 radical (unpaired) electrons. The summed E-state index contributed by atoms with van der Waals surface area (Å²) in [4.78, 5) is 0. The monoisotopic (exact) mass is 270 g/mol. The lowest BCUT2D eigenvalue weighted by Gasteiger charge is -2.08. The van der Waals surface area contributed by atoms with Crippen LogP contribution in [0.25, 0.3) is 0 Å². The highest BCUT2D eigenvalue weighted by molar-refractivity contribution is 5.97. The normalized spacial score (nSPS) is 11.3. The number of nitrogens with two attached hydrogens (primary N) is 1. The highest BCUT2D eigenvalue weighted by Crippen LogP contribution is 2.15. The Morgan fingerprint density at radius 1 is 1.15 bits per heavy atom. The van der Waals surface area contributed by atoms with Crippen LogP contribution in [0.3, 0.4) is 0 Å². The van der Waals surface area contributed by atoms with E-state index in [9.17, 15) is 0 Å². The van der Waals surface area contributed by atoms with E-state index in [1.165, 1.54) is 5.56 Å². The largest absolute Gasteiger partial charge is 0.489 e. The number of hydrogen-bond acceptors (Lipinski definition) is 3. The van der Waals surface area contributed by atoms with E-state index >= 15 is 0 Å². The van der Waals surface area contributed by atoms with Crippen molar-refractivity contribution in [3.8, 4) is 5.75 Å². The van der Waals surface area contributed by atoms with Gasteiger partial charge >= 0.3 is 0 Å². The minimum atomic E-state index is 0.0720. The lowest BCUT2D eigenvalue weighted by atomic mass is 10.1. The van der Waals surface area contributed by atoms with Crippen LogP contribution in [0.5, 0.6) is 5.75 Å². The molecule has 0 atom stereocenters. The van der Waals surface area contributed by atoms with Crippen LogP contribution in [0.2, 0.25) is 0 Å². The van der Waals surface area contributed by atoms with Crippen molar-refractivity contribution >= 4 is 5.84 Å². The first-order chi connectivity index (χ1) is 9.72. The fourth-order valence-electron chi connectivity index (χ4n) is 1.84. The molecule has 104 valence electrons. The second-order valence-electron chi connectivity index (χ2n) is 4.47. The summed E-state index contributed by atoms with van der Waals surface area (Å²) >= 11 is 0. The van der Waals surface area contributed by atoms with Crippen LogP contribution in [0.15, 0.2) is 53.7 Å². The molecule has 4 nitrogen and oxygen atoms in total. The summed E-state index contributed by atoms with van der Waals surface area (Å²) in [5.41, 5.74) is 8.59. The first-order valence-electron chi connectivity index (χ1n) is 6.51. The molecule has 0 saturated heterocycles. The van der Waals surface area contributed by atoms with Crippen LogP contribution in [0.1, 0.15) is 23.6 Å². The van der Waals surface area contributed by atoms with Crippen LogP contribution in [0.4, 0.5) is 0 Å². The van der Waals surface area contributed by atoms with Gasteiger partial charge in [-0.2, -0.15) is 0 Å². The van der Waals surface area contributed by atoms with E-state index in [-0.39, 0.29) is 5.84 Å². The maximum atomic E-state index is 8.66. The van der Waals surface area contributed by atoms with Gasteiger partial charge in [-0.3, -0.25) is 0 Å². The average molecular weight is 270 g/mol. The van der Waals surface area contributed by atoms with Crippen molar-refractivity contribution in [3.63, 3.8) is 0 Å². The Hall–Kier alpha value is -2.49. The maximum Gasteiger partial charge on any atom is 0.170 e. The molecule has 0 aliphatic carbocycles. The van der Waals surface area contributed by atoms with Crippen molar-refractivity contribution in [1.29, 1.82) is 0 Å². The molecule has 0 spiro atoms. The molecular formula is C16H18N2O2. The van der Waals surface area contributed by atoms with E-state index in [0.29, 0.717) is 17.9 Å². The SMILES string of the molecule is CCc1ccc(COc2cccc(C(N)=NO)c2)cc1. The fraction of sp³-hybridized carbons (Fsp3) is 0.188. The van der Waals surface area contributed by atoms with E-state index in [1.807, 2.05) is 12.1 Å². The molecule has 0 unspecified atom stereocenters.